The Morgan fingerprint density at radius 2 is 1.87 bits per heavy atom. The number of carbonyl (C=O) groups is 1. The Hall–Kier alpha value is -1.78. The molecule has 120 valence electrons. The molecule has 0 aliphatic heterocycles. The minimum Gasteiger partial charge on any atom is -0.367 e. The number of hydrogen-bond donors (Lipinski definition) is 1. The van der Waals surface area contributed by atoms with Crippen molar-refractivity contribution in [1.82, 2.24) is 5.32 Å². The number of rotatable bonds is 5. The molecule has 2 aromatic carbocycles. The van der Waals surface area contributed by atoms with Crippen molar-refractivity contribution in [2.45, 2.75) is 23.8 Å². The van der Waals surface area contributed by atoms with Gasteiger partial charge in [-0.2, -0.15) is 11.8 Å². The molecule has 1 amide bonds. The van der Waals surface area contributed by atoms with Crippen LogP contribution in [0.5, 0.6) is 0 Å². The first-order valence-electron chi connectivity index (χ1n) is 7.73. The van der Waals surface area contributed by atoms with Gasteiger partial charge in [0.15, 0.2) is 6.10 Å². The molecule has 1 aliphatic rings. The van der Waals surface area contributed by atoms with E-state index in [1.54, 1.807) is 18.9 Å². The van der Waals surface area contributed by atoms with Gasteiger partial charge in [0.2, 0.25) is 0 Å². The average molecular weight is 327 g/mol. The summed E-state index contributed by atoms with van der Waals surface area (Å²) in [6.45, 7) is 0. The van der Waals surface area contributed by atoms with Crippen molar-refractivity contribution in [3.05, 3.63) is 71.3 Å². The number of ether oxygens (including phenoxy) is 1. The maximum atomic E-state index is 12.7. The molecule has 1 N–H and O–H groups in total. The number of methoxy groups -OCH3 is 1. The Balaban J connectivity index is 1.75. The number of carbonyl (C=O) groups excluding carboxylic acids is 1. The lowest BCUT2D eigenvalue weighted by Crippen LogP contribution is -2.40. The molecule has 4 heteroatoms. The second-order valence-electron chi connectivity index (χ2n) is 5.70. The zero-order valence-corrected chi connectivity index (χ0v) is 14.2. The highest BCUT2D eigenvalue weighted by Gasteiger charge is 2.34. The van der Waals surface area contributed by atoms with Gasteiger partial charge in [-0.3, -0.25) is 4.79 Å². The summed E-state index contributed by atoms with van der Waals surface area (Å²) in [7, 11) is 1.58. The van der Waals surface area contributed by atoms with E-state index < -0.39 is 6.10 Å². The third kappa shape index (κ3) is 3.28. The fourth-order valence-corrected chi connectivity index (χ4v) is 4.23. The van der Waals surface area contributed by atoms with Crippen molar-refractivity contribution in [2.75, 3.05) is 13.4 Å². The fourth-order valence-electron chi connectivity index (χ4n) is 3.26. The van der Waals surface area contributed by atoms with E-state index in [4.69, 9.17) is 4.74 Å². The van der Waals surface area contributed by atoms with Crippen LogP contribution in [0.25, 0.3) is 0 Å². The van der Waals surface area contributed by atoms with Crippen LogP contribution in [0.4, 0.5) is 0 Å². The number of nitrogens with one attached hydrogen (secondary N) is 1. The van der Waals surface area contributed by atoms with Crippen molar-refractivity contribution >= 4 is 17.7 Å². The third-order valence-corrected chi connectivity index (χ3v) is 5.41. The number of benzene rings is 2. The van der Waals surface area contributed by atoms with Crippen molar-refractivity contribution in [2.24, 2.45) is 0 Å². The molecule has 0 heterocycles. The molecule has 0 saturated heterocycles. The lowest BCUT2D eigenvalue weighted by molar-refractivity contribution is -0.132. The molecule has 3 nitrogen and oxygen atoms in total. The van der Waals surface area contributed by atoms with Crippen molar-refractivity contribution in [3.63, 3.8) is 0 Å². The Labute approximate surface area is 141 Å². The quantitative estimate of drug-likeness (QED) is 0.913. The summed E-state index contributed by atoms with van der Waals surface area (Å²) in [5.74, 6) is -0.0736. The van der Waals surface area contributed by atoms with Crippen molar-refractivity contribution in [1.29, 1.82) is 0 Å². The first-order chi connectivity index (χ1) is 11.2. The SMILES string of the molecule is CO[C@H](C(=O)N[C@@H]1Cc2ccccc2[C@H]1SC)c1ccccc1. The Kier molecular flexibility index (Phi) is 5.03. The largest absolute Gasteiger partial charge is 0.367 e. The lowest BCUT2D eigenvalue weighted by Gasteiger charge is -2.23. The van der Waals surface area contributed by atoms with Gasteiger partial charge >= 0.3 is 0 Å². The average Bonchev–Trinajstić information content (AvgIpc) is 2.93. The van der Waals surface area contributed by atoms with Crippen LogP contribution in [0.15, 0.2) is 54.6 Å². The van der Waals surface area contributed by atoms with Crippen molar-refractivity contribution < 1.29 is 9.53 Å². The zero-order valence-electron chi connectivity index (χ0n) is 13.4. The first kappa shape index (κ1) is 16.1. The van der Waals surface area contributed by atoms with Gasteiger partial charge in [0.05, 0.1) is 5.25 Å². The van der Waals surface area contributed by atoms with E-state index in [1.807, 2.05) is 30.3 Å². The lowest BCUT2D eigenvalue weighted by atomic mass is 10.1. The second kappa shape index (κ2) is 7.20. The molecule has 1 aliphatic carbocycles. The summed E-state index contributed by atoms with van der Waals surface area (Å²) in [6, 6.07) is 18.2. The Morgan fingerprint density at radius 1 is 1.17 bits per heavy atom. The minimum absolute atomic E-state index is 0.0736. The predicted molar refractivity (Wildman–Crippen MR) is 94.5 cm³/mol. The smallest absolute Gasteiger partial charge is 0.254 e. The van der Waals surface area contributed by atoms with Crippen LogP contribution in [0.2, 0.25) is 0 Å². The predicted octanol–water partition coefficient (Wildman–Crippen LogP) is 3.52. The summed E-state index contributed by atoms with van der Waals surface area (Å²) >= 11 is 1.78. The maximum absolute atomic E-state index is 12.7. The molecule has 3 atom stereocenters. The topological polar surface area (TPSA) is 38.3 Å². The normalized spacial score (nSPS) is 20.8. The zero-order chi connectivity index (χ0) is 16.2. The van der Waals surface area contributed by atoms with E-state index in [2.05, 4.69) is 35.8 Å². The van der Waals surface area contributed by atoms with Crippen LogP contribution in [0, 0.1) is 0 Å². The van der Waals surface area contributed by atoms with Gasteiger partial charge < -0.3 is 10.1 Å². The van der Waals surface area contributed by atoms with Gasteiger partial charge in [0.25, 0.3) is 5.91 Å². The number of thioether (sulfide) groups is 1. The van der Waals surface area contributed by atoms with Gasteiger partial charge in [0, 0.05) is 13.2 Å². The van der Waals surface area contributed by atoms with Crippen LogP contribution in [0.3, 0.4) is 0 Å². The molecule has 0 spiro atoms. The van der Waals surface area contributed by atoms with E-state index in [0.29, 0.717) is 5.25 Å². The van der Waals surface area contributed by atoms with Crippen LogP contribution in [0.1, 0.15) is 28.0 Å². The van der Waals surface area contributed by atoms with Gasteiger partial charge in [-0.05, 0) is 29.4 Å². The van der Waals surface area contributed by atoms with Gasteiger partial charge in [-0.1, -0.05) is 54.6 Å². The van der Waals surface area contributed by atoms with E-state index >= 15 is 0 Å². The van der Waals surface area contributed by atoms with E-state index in [1.165, 1.54) is 11.1 Å². The molecule has 2 aromatic rings. The van der Waals surface area contributed by atoms with E-state index in [-0.39, 0.29) is 11.9 Å². The molecule has 0 radical (unpaired) electrons. The molecule has 0 aromatic heterocycles. The molecular formula is C19H21NO2S. The molecule has 23 heavy (non-hydrogen) atoms. The van der Waals surface area contributed by atoms with Crippen LogP contribution >= 0.6 is 11.8 Å². The second-order valence-corrected chi connectivity index (χ2v) is 6.68. The van der Waals surface area contributed by atoms with E-state index in [0.717, 1.165) is 12.0 Å². The Bertz CT molecular complexity index is 674. The monoisotopic (exact) mass is 327 g/mol. The van der Waals surface area contributed by atoms with Gasteiger partial charge in [-0.25, -0.2) is 0 Å². The molecule has 3 rings (SSSR count). The molecule has 0 bridgehead atoms. The summed E-state index contributed by atoms with van der Waals surface area (Å²) in [4.78, 5) is 12.7. The third-order valence-electron chi connectivity index (χ3n) is 4.32. The van der Waals surface area contributed by atoms with E-state index in [9.17, 15) is 4.79 Å². The van der Waals surface area contributed by atoms with Crippen LogP contribution in [-0.4, -0.2) is 25.3 Å². The Morgan fingerprint density at radius 3 is 2.57 bits per heavy atom. The highest BCUT2D eigenvalue weighted by atomic mass is 32.2. The number of amides is 1. The highest BCUT2D eigenvalue weighted by molar-refractivity contribution is 7.98. The fraction of sp³-hybridized carbons (Fsp3) is 0.316. The van der Waals surface area contributed by atoms with Crippen LogP contribution < -0.4 is 5.32 Å². The van der Waals surface area contributed by atoms with Gasteiger partial charge in [0.1, 0.15) is 0 Å². The van der Waals surface area contributed by atoms with Crippen LogP contribution in [-0.2, 0) is 16.0 Å². The summed E-state index contributed by atoms with van der Waals surface area (Å²) in [5.41, 5.74) is 3.54. The number of fused-ring (bicyclic) bond motifs is 1. The molecule has 0 saturated carbocycles. The molecule has 0 unspecified atom stereocenters. The van der Waals surface area contributed by atoms with Crippen molar-refractivity contribution in [3.8, 4) is 0 Å². The molecule has 0 fully saturated rings. The summed E-state index contributed by atoms with van der Waals surface area (Å²) in [6.07, 6.45) is 2.40. The standard InChI is InChI=1S/C19H21NO2S/c1-22-17(13-8-4-3-5-9-13)19(21)20-16-12-14-10-6-7-11-15(14)18(16)23-2/h3-11,16-18H,12H2,1-2H3,(H,20,21)/t16-,17+,18-/m1/s1. The summed E-state index contributed by atoms with van der Waals surface area (Å²) < 4.78 is 5.44. The van der Waals surface area contributed by atoms with Gasteiger partial charge in [-0.15, -0.1) is 0 Å². The first-order valence-corrected chi connectivity index (χ1v) is 9.02. The highest BCUT2D eigenvalue weighted by Crippen LogP contribution is 2.40. The molecular weight excluding hydrogens is 306 g/mol. The minimum atomic E-state index is -0.567. The maximum Gasteiger partial charge on any atom is 0.254 e. The number of hydrogen-bond acceptors (Lipinski definition) is 3. The summed E-state index contributed by atoms with van der Waals surface area (Å²) in [5, 5.41) is 3.49.